The first kappa shape index (κ1) is 33.1. The molecule has 2 N–H and O–H groups in total. The number of ketones is 1. The molecule has 14 heteroatoms. The fraction of sp³-hybridized carbons (Fsp3) is 0.846. The number of allylic oxidation sites excluding steroid dienone is 1. The van der Waals surface area contributed by atoms with Crippen molar-refractivity contribution >= 4 is 19.6 Å². The van der Waals surface area contributed by atoms with Crippen molar-refractivity contribution < 1.29 is 51.4 Å². The van der Waals surface area contributed by atoms with Crippen molar-refractivity contribution in [2.45, 2.75) is 108 Å². The largest absolute Gasteiger partial charge is 0.476 e. The molecule has 1 saturated carbocycles. The number of ether oxygens (including phenoxy) is 3. The molecule has 3 fully saturated rings. The van der Waals surface area contributed by atoms with Gasteiger partial charge in [0.1, 0.15) is 25.1 Å². The van der Waals surface area contributed by atoms with Crippen LogP contribution in [0.4, 0.5) is 9.18 Å². The highest BCUT2D eigenvalue weighted by Gasteiger charge is 2.73. The Morgan fingerprint density at radius 3 is 2.27 bits per heavy atom. The van der Waals surface area contributed by atoms with Gasteiger partial charge in [-0.05, 0) is 45.6 Å². The summed E-state index contributed by atoms with van der Waals surface area (Å²) in [5, 5.41) is 12.7. The van der Waals surface area contributed by atoms with Crippen molar-refractivity contribution in [2.75, 3.05) is 33.2 Å². The average Bonchev–Trinajstić information content (AvgIpc) is 3.56. The molecule has 0 aromatic rings. The molecule has 2 aliphatic heterocycles. The van der Waals surface area contributed by atoms with Crippen molar-refractivity contribution in [3.8, 4) is 0 Å². The van der Waals surface area contributed by atoms with Gasteiger partial charge in [-0.25, -0.2) is 13.8 Å². The molecule has 3 aliphatic rings. The van der Waals surface area contributed by atoms with E-state index >= 15 is 0 Å². The number of carbonyl (C=O) groups is 2. The Labute approximate surface area is 235 Å². The molecule has 1 aliphatic carbocycles. The van der Waals surface area contributed by atoms with Gasteiger partial charge in [-0.1, -0.05) is 26.7 Å². The van der Waals surface area contributed by atoms with Gasteiger partial charge in [-0.15, -0.1) is 0 Å². The van der Waals surface area contributed by atoms with E-state index in [-0.39, 0.29) is 19.0 Å². The molecule has 0 bridgehead atoms. The van der Waals surface area contributed by atoms with Gasteiger partial charge in [-0.3, -0.25) is 23.3 Å². The smallest absolute Gasteiger partial charge is 0.393 e. The third-order valence-electron chi connectivity index (χ3n) is 7.33. The Morgan fingerprint density at radius 1 is 1.12 bits per heavy atom. The lowest BCUT2D eigenvalue weighted by atomic mass is 9.88. The van der Waals surface area contributed by atoms with Crippen molar-refractivity contribution in [1.82, 2.24) is 10.2 Å². The summed E-state index contributed by atoms with van der Waals surface area (Å²) < 4.78 is 62.3. The molecule has 4 atom stereocenters. The Hall–Kier alpha value is -1.44. The van der Waals surface area contributed by atoms with Crippen LogP contribution < -0.4 is 5.32 Å². The molecule has 0 aromatic heterocycles. The number of amides is 2. The van der Waals surface area contributed by atoms with E-state index in [1.54, 1.807) is 6.92 Å². The summed E-state index contributed by atoms with van der Waals surface area (Å²) in [5.74, 6) is -1.34. The summed E-state index contributed by atoms with van der Waals surface area (Å²) in [4.78, 5) is 26.3. The van der Waals surface area contributed by atoms with Gasteiger partial charge >= 0.3 is 13.9 Å². The molecule has 1 spiro atoms. The Morgan fingerprint density at radius 2 is 1.75 bits per heavy atom. The molecule has 0 unspecified atom stereocenters. The summed E-state index contributed by atoms with van der Waals surface area (Å²) in [6.07, 6.45) is 5.77. The first-order valence-corrected chi connectivity index (χ1v) is 15.5. The SMILES string of the molecule is CCCCOP(=O)(OCCCC)OCNC(=O)N(/C=C\C(C)=O)[C@@H]1O[C@@](CO)(CF)[C@H]2OC3(CCCC3)O[C@]21C. The third-order valence-corrected chi connectivity index (χ3v) is 8.77. The van der Waals surface area contributed by atoms with E-state index in [2.05, 4.69) is 5.32 Å². The van der Waals surface area contributed by atoms with Crippen LogP contribution in [-0.4, -0.2) is 84.4 Å². The van der Waals surface area contributed by atoms with Crippen LogP contribution >= 0.6 is 7.82 Å². The van der Waals surface area contributed by atoms with Gasteiger partial charge in [0.15, 0.2) is 23.4 Å². The Kier molecular flexibility index (Phi) is 11.7. The predicted octanol–water partition coefficient (Wildman–Crippen LogP) is 4.32. The number of phosphoric acid groups is 1. The second-order valence-corrected chi connectivity index (χ2v) is 12.3. The van der Waals surface area contributed by atoms with E-state index in [4.69, 9.17) is 27.8 Å². The maximum absolute atomic E-state index is 14.5. The van der Waals surface area contributed by atoms with Crippen LogP contribution in [0.3, 0.4) is 0 Å². The van der Waals surface area contributed by atoms with Gasteiger partial charge in [-0.2, -0.15) is 0 Å². The van der Waals surface area contributed by atoms with E-state index in [9.17, 15) is 23.7 Å². The molecular formula is C26H44FN2O10P. The highest BCUT2D eigenvalue weighted by molar-refractivity contribution is 7.48. The van der Waals surface area contributed by atoms with Gasteiger partial charge in [0.2, 0.25) is 0 Å². The van der Waals surface area contributed by atoms with Gasteiger partial charge in [0.25, 0.3) is 0 Å². The zero-order valence-corrected chi connectivity index (χ0v) is 24.8. The van der Waals surface area contributed by atoms with E-state index < -0.39 is 63.2 Å². The van der Waals surface area contributed by atoms with Crippen LogP contribution in [0.25, 0.3) is 0 Å². The monoisotopic (exact) mass is 594 g/mol. The molecule has 2 heterocycles. The number of unbranched alkanes of at least 4 members (excludes halogenated alkanes) is 2. The molecule has 230 valence electrons. The van der Waals surface area contributed by atoms with Crippen molar-refractivity contribution in [2.24, 2.45) is 0 Å². The molecule has 3 rings (SSSR count). The summed E-state index contributed by atoms with van der Waals surface area (Å²) in [7, 11) is -3.97. The molecular weight excluding hydrogens is 550 g/mol. The normalized spacial score (nSPS) is 29.4. The number of hydrogen-bond donors (Lipinski definition) is 2. The number of halogens is 1. The van der Waals surface area contributed by atoms with Crippen LogP contribution in [0.1, 0.15) is 79.1 Å². The fourth-order valence-corrected chi connectivity index (χ4v) is 6.36. The minimum Gasteiger partial charge on any atom is -0.393 e. The standard InChI is InChI=1S/C26H44FN2O10P/c1-5-7-15-34-40(33,35-16-8-6-2)36-19-28-23(32)29(14-11-20(3)31)22-24(4)21(25(17-27,18-30)38-22)37-26(39-24)12-9-10-13-26/h11,14,21-22,30H,5-10,12-13,15-19H2,1-4H3,(H,28,32)/b14-11-/t21-,22+,24+,25+/m0/s1. The van der Waals surface area contributed by atoms with Gasteiger partial charge < -0.3 is 24.6 Å². The minimum absolute atomic E-state index is 0.155. The molecule has 0 radical (unpaired) electrons. The van der Waals surface area contributed by atoms with Crippen LogP contribution in [0.5, 0.6) is 0 Å². The number of rotatable bonds is 16. The number of aliphatic hydroxyl groups excluding tert-OH is 1. The van der Waals surface area contributed by atoms with E-state index in [0.29, 0.717) is 25.7 Å². The first-order valence-electron chi connectivity index (χ1n) is 14.0. The number of hydrogen-bond acceptors (Lipinski definition) is 10. The minimum atomic E-state index is -3.97. The van der Waals surface area contributed by atoms with Crippen molar-refractivity contribution in [3.05, 3.63) is 12.3 Å². The lowest BCUT2D eigenvalue weighted by molar-refractivity contribution is -0.253. The fourth-order valence-electron chi connectivity index (χ4n) is 5.21. The van der Waals surface area contributed by atoms with Gasteiger partial charge in [0, 0.05) is 19.0 Å². The van der Waals surface area contributed by atoms with E-state index in [0.717, 1.165) is 36.7 Å². The summed E-state index contributed by atoms with van der Waals surface area (Å²) in [6.45, 7) is 4.79. The molecule has 2 saturated heterocycles. The van der Waals surface area contributed by atoms with Crippen LogP contribution in [-0.2, 0) is 37.1 Å². The highest BCUT2D eigenvalue weighted by Crippen LogP contribution is 2.56. The molecule has 12 nitrogen and oxygen atoms in total. The van der Waals surface area contributed by atoms with Crippen LogP contribution in [0.15, 0.2) is 12.3 Å². The molecule has 2 amide bonds. The van der Waals surface area contributed by atoms with E-state index in [1.165, 1.54) is 13.1 Å². The zero-order chi connectivity index (χ0) is 29.4. The average molecular weight is 595 g/mol. The van der Waals surface area contributed by atoms with Crippen LogP contribution in [0.2, 0.25) is 0 Å². The van der Waals surface area contributed by atoms with Crippen molar-refractivity contribution in [3.63, 3.8) is 0 Å². The number of carbonyl (C=O) groups excluding carboxylic acids is 2. The van der Waals surface area contributed by atoms with E-state index in [1.807, 2.05) is 13.8 Å². The second-order valence-electron chi connectivity index (χ2n) is 10.6. The second kappa shape index (κ2) is 14.2. The summed E-state index contributed by atoms with van der Waals surface area (Å²) in [6, 6.07) is -0.820. The molecule has 0 aromatic carbocycles. The van der Waals surface area contributed by atoms with Crippen molar-refractivity contribution in [1.29, 1.82) is 0 Å². The lowest BCUT2D eigenvalue weighted by Gasteiger charge is -2.36. The first-order chi connectivity index (χ1) is 19.0. The number of alkyl halides is 1. The van der Waals surface area contributed by atoms with Crippen LogP contribution in [0, 0.1) is 0 Å². The summed E-state index contributed by atoms with van der Waals surface area (Å²) >= 11 is 0. The zero-order valence-electron chi connectivity index (χ0n) is 23.9. The third kappa shape index (κ3) is 7.30. The highest BCUT2D eigenvalue weighted by atomic mass is 31.2. The number of urea groups is 1. The number of phosphoric ester groups is 1. The quantitative estimate of drug-likeness (QED) is 0.115. The maximum atomic E-state index is 14.5. The molecule has 40 heavy (non-hydrogen) atoms. The number of nitrogens with one attached hydrogen (secondary N) is 1. The Bertz CT molecular complexity index is 928. The maximum Gasteiger partial charge on any atom is 0.476 e. The topological polar surface area (TPSA) is 142 Å². The lowest BCUT2D eigenvalue weighted by Crippen LogP contribution is -2.55. The number of nitrogens with zero attached hydrogens (tertiary/aromatic N) is 1. The predicted molar refractivity (Wildman–Crippen MR) is 142 cm³/mol. The number of aliphatic hydroxyl groups is 1. The van der Waals surface area contributed by atoms with Gasteiger partial charge in [0.05, 0.1) is 19.8 Å². The number of fused-ring (bicyclic) bond motifs is 1. The Balaban J connectivity index is 1.81. The summed E-state index contributed by atoms with van der Waals surface area (Å²) in [5.41, 5.74) is -3.18.